The first-order valence-corrected chi connectivity index (χ1v) is 13.2. The Morgan fingerprint density at radius 3 is 2.35 bits per heavy atom. The number of amidine groups is 1. The van der Waals surface area contributed by atoms with Crippen molar-refractivity contribution >= 4 is 38.4 Å². The minimum atomic E-state index is -3.20. The summed E-state index contributed by atoms with van der Waals surface area (Å²) >= 11 is 1.31. The highest BCUT2D eigenvalue weighted by atomic mass is 32.2. The molecule has 182 valence electrons. The van der Waals surface area contributed by atoms with Crippen LogP contribution in [0.3, 0.4) is 0 Å². The third kappa shape index (κ3) is 4.80. The zero-order chi connectivity index (χ0) is 24.5. The smallest absolute Gasteiger partial charge is 0.252 e. The lowest BCUT2D eigenvalue weighted by Crippen LogP contribution is -2.38. The van der Waals surface area contributed by atoms with Crippen molar-refractivity contribution in [3.63, 3.8) is 0 Å². The molecule has 0 aromatic heterocycles. The number of carbonyl (C=O) groups excluding carboxylic acids is 1. The molecule has 2 saturated heterocycles. The Balaban J connectivity index is 1.68. The lowest BCUT2D eigenvalue weighted by Gasteiger charge is -2.26. The Hall–Kier alpha value is -2.92. The molecule has 0 saturated carbocycles. The summed E-state index contributed by atoms with van der Waals surface area (Å²) in [5.74, 6) is 1.87. The number of fused-ring (bicyclic) bond motifs is 1. The molecule has 0 bridgehead atoms. The normalized spacial score (nSPS) is 21.9. The van der Waals surface area contributed by atoms with Gasteiger partial charge in [0.1, 0.15) is 11.5 Å². The van der Waals surface area contributed by atoms with E-state index in [0.717, 1.165) is 5.56 Å². The predicted octanol–water partition coefficient (Wildman–Crippen LogP) is 2.57. The number of rotatable bonds is 7. The Bertz CT molecular complexity index is 1230. The van der Waals surface area contributed by atoms with Crippen LogP contribution in [0.15, 0.2) is 41.4 Å². The van der Waals surface area contributed by atoms with Crippen LogP contribution in [0.25, 0.3) is 0 Å². The van der Waals surface area contributed by atoms with Crippen molar-refractivity contribution in [1.82, 2.24) is 0 Å². The van der Waals surface area contributed by atoms with Gasteiger partial charge in [-0.1, -0.05) is 17.8 Å². The third-order valence-electron chi connectivity index (χ3n) is 5.74. The number of hydrogen-bond acceptors (Lipinski definition) is 8. The number of amides is 1. The van der Waals surface area contributed by atoms with Crippen LogP contribution in [0, 0.1) is 0 Å². The van der Waals surface area contributed by atoms with Crippen molar-refractivity contribution in [3.05, 3.63) is 42.0 Å². The van der Waals surface area contributed by atoms with Crippen LogP contribution in [-0.4, -0.2) is 70.7 Å². The van der Waals surface area contributed by atoms with Crippen molar-refractivity contribution in [3.8, 4) is 23.0 Å². The highest BCUT2D eigenvalue weighted by Gasteiger charge is 2.50. The molecule has 0 aliphatic carbocycles. The molecule has 2 aliphatic heterocycles. The molecule has 11 heteroatoms. The van der Waals surface area contributed by atoms with Crippen molar-refractivity contribution in [2.75, 3.05) is 44.8 Å². The van der Waals surface area contributed by atoms with Gasteiger partial charge in [-0.25, -0.2) is 8.42 Å². The van der Waals surface area contributed by atoms with Crippen molar-refractivity contribution in [1.29, 1.82) is 0 Å². The Labute approximate surface area is 203 Å². The van der Waals surface area contributed by atoms with Gasteiger partial charge in [-0.2, -0.15) is 4.99 Å². The van der Waals surface area contributed by atoms with Crippen LogP contribution < -0.4 is 23.8 Å². The van der Waals surface area contributed by atoms with E-state index in [2.05, 4.69) is 4.99 Å². The minimum absolute atomic E-state index is 0.0199. The molecule has 4 rings (SSSR count). The molecule has 2 aliphatic rings. The fourth-order valence-corrected chi connectivity index (χ4v) is 8.07. The van der Waals surface area contributed by atoms with Gasteiger partial charge < -0.3 is 23.8 Å². The van der Waals surface area contributed by atoms with Crippen LogP contribution >= 0.6 is 11.8 Å². The highest BCUT2D eigenvalue weighted by molar-refractivity contribution is 8.16. The summed E-state index contributed by atoms with van der Waals surface area (Å²) in [6.07, 6.45) is 0.0567. The Morgan fingerprint density at radius 2 is 1.68 bits per heavy atom. The lowest BCUT2D eigenvalue weighted by molar-refractivity contribution is -0.117. The van der Waals surface area contributed by atoms with Gasteiger partial charge in [-0.3, -0.25) is 4.79 Å². The maximum absolute atomic E-state index is 13.0. The predicted molar refractivity (Wildman–Crippen MR) is 132 cm³/mol. The number of aliphatic imine (C=N–C) groups is 1. The number of carbonyl (C=O) groups is 1. The van der Waals surface area contributed by atoms with Gasteiger partial charge in [-0.15, -0.1) is 0 Å². The van der Waals surface area contributed by atoms with E-state index in [0.29, 0.717) is 33.9 Å². The molecule has 0 spiro atoms. The van der Waals surface area contributed by atoms with Crippen molar-refractivity contribution in [2.45, 2.75) is 17.7 Å². The van der Waals surface area contributed by atoms with Gasteiger partial charge in [-0.05, 0) is 29.8 Å². The zero-order valence-electron chi connectivity index (χ0n) is 19.3. The van der Waals surface area contributed by atoms with Crippen LogP contribution in [0.5, 0.6) is 23.0 Å². The van der Waals surface area contributed by atoms with Crippen LogP contribution in [0.1, 0.15) is 5.56 Å². The monoisotopic (exact) mass is 506 g/mol. The number of sulfone groups is 1. The fraction of sp³-hybridized carbons (Fsp3) is 0.391. The van der Waals surface area contributed by atoms with E-state index in [4.69, 9.17) is 18.9 Å². The number of benzene rings is 2. The van der Waals surface area contributed by atoms with Crippen molar-refractivity contribution < 1.29 is 32.2 Å². The van der Waals surface area contributed by atoms with Gasteiger partial charge in [0.15, 0.2) is 26.5 Å². The molecule has 2 aromatic carbocycles. The largest absolute Gasteiger partial charge is 0.497 e. The summed E-state index contributed by atoms with van der Waals surface area (Å²) in [5.41, 5.74) is 1.33. The van der Waals surface area contributed by atoms with Crippen LogP contribution in [-0.2, 0) is 21.1 Å². The number of methoxy groups -OCH3 is 4. The molecule has 2 heterocycles. The molecule has 0 radical (unpaired) electrons. The van der Waals surface area contributed by atoms with E-state index in [1.165, 1.54) is 26.0 Å². The van der Waals surface area contributed by atoms with Gasteiger partial charge in [0.25, 0.3) is 5.91 Å². The quantitative estimate of drug-likeness (QED) is 0.560. The lowest BCUT2D eigenvalue weighted by atomic mass is 10.1. The second-order valence-corrected chi connectivity index (χ2v) is 11.2. The maximum atomic E-state index is 13.0. The van der Waals surface area contributed by atoms with E-state index in [9.17, 15) is 13.2 Å². The molecule has 2 aromatic rings. The Kier molecular flexibility index (Phi) is 6.94. The molecule has 1 amide bonds. The minimum Gasteiger partial charge on any atom is -0.497 e. The first-order chi connectivity index (χ1) is 16.3. The molecular weight excluding hydrogens is 480 g/mol. The molecule has 9 nitrogen and oxygen atoms in total. The number of ether oxygens (including phenoxy) is 4. The number of hydrogen-bond donors (Lipinski definition) is 0. The highest BCUT2D eigenvalue weighted by Crippen LogP contribution is 2.45. The van der Waals surface area contributed by atoms with Crippen LogP contribution in [0.4, 0.5) is 5.69 Å². The molecule has 2 fully saturated rings. The van der Waals surface area contributed by atoms with Gasteiger partial charge in [0, 0.05) is 11.3 Å². The first-order valence-electron chi connectivity index (χ1n) is 10.5. The van der Waals surface area contributed by atoms with E-state index in [1.807, 2.05) is 0 Å². The standard InChI is InChI=1S/C23H26N2O7S2/c1-29-15-6-8-18(30-2)16(11-15)25-17-12-34(27,28)13-21(17)33-23(25)24-22(26)10-14-5-7-19(31-3)20(9-14)32-4/h5-9,11,17,21H,10,12-13H2,1-4H3/t17-,21-/m1/s1. The summed E-state index contributed by atoms with van der Waals surface area (Å²) < 4.78 is 46.2. The van der Waals surface area contributed by atoms with E-state index >= 15 is 0 Å². The number of anilines is 1. The SMILES string of the molecule is COc1ccc(OC)c(N2C(=NC(=O)Cc3ccc(OC)c(OC)c3)S[C@@H]3CS(=O)(=O)C[C@H]32)c1. The topological polar surface area (TPSA) is 104 Å². The van der Waals surface area contributed by atoms with Gasteiger partial charge >= 0.3 is 0 Å². The molecule has 0 unspecified atom stereocenters. The third-order valence-corrected chi connectivity index (χ3v) is 8.95. The molecule has 34 heavy (non-hydrogen) atoms. The first kappa shape index (κ1) is 24.2. The summed E-state index contributed by atoms with van der Waals surface area (Å²) in [5, 5.41) is 0.218. The van der Waals surface area contributed by atoms with Crippen LogP contribution in [0.2, 0.25) is 0 Å². The van der Waals surface area contributed by atoms with Gasteiger partial charge in [0.2, 0.25) is 0 Å². The zero-order valence-corrected chi connectivity index (χ0v) is 20.9. The van der Waals surface area contributed by atoms with Gasteiger partial charge in [0.05, 0.1) is 58.1 Å². The second-order valence-electron chi connectivity index (χ2n) is 7.86. The maximum Gasteiger partial charge on any atom is 0.252 e. The average Bonchev–Trinajstić information content (AvgIpc) is 3.28. The summed E-state index contributed by atoms with van der Waals surface area (Å²) in [6, 6.07) is 10.2. The number of nitrogens with zero attached hydrogens (tertiary/aromatic N) is 2. The molecule has 0 N–H and O–H groups in total. The Morgan fingerprint density at radius 1 is 0.971 bits per heavy atom. The summed E-state index contributed by atoms with van der Waals surface area (Å²) in [6.45, 7) is 0. The average molecular weight is 507 g/mol. The summed E-state index contributed by atoms with van der Waals surface area (Å²) in [7, 11) is 2.97. The van der Waals surface area contributed by atoms with Crippen molar-refractivity contribution in [2.24, 2.45) is 4.99 Å². The van der Waals surface area contributed by atoms with E-state index in [1.54, 1.807) is 55.5 Å². The van der Waals surface area contributed by atoms with E-state index in [-0.39, 0.29) is 35.1 Å². The van der Waals surface area contributed by atoms with E-state index < -0.39 is 9.84 Å². The second kappa shape index (κ2) is 9.75. The molecular formula is C23H26N2O7S2. The number of thioether (sulfide) groups is 1. The summed E-state index contributed by atoms with van der Waals surface area (Å²) in [4.78, 5) is 19.1. The molecule has 2 atom stereocenters. The fourth-order valence-electron chi connectivity index (χ4n) is 4.14.